The summed E-state index contributed by atoms with van der Waals surface area (Å²) in [5.74, 6) is 0. The molecule has 0 aromatic carbocycles. The van der Waals surface area contributed by atoms with E-state index in [9.17, 15) is 0 Å². The molecule has 2 heterocycles. The van der Waals surface area contributed by atoms with E-state index in [-0.39, 0.29) is 6.04 Å². The van der Waals surface area contributed by atoms with E-state index in [2.05, 4.69) is 32.4 Å². The summed E-state index contributed by atoms with van der Waals surface area (Å²) in [6.45, 7) is 1.97. The fraction of sp³-hybridized carbons (Fsp3) is 0.222. The quantitative estimate of drug-likeness (QED) is 0.916. The minimum Gasteiger partial charge on any atom is -0.323 e. The Morgan fingerprint density at radius 1 is 1.57 bits per heavy atom. The molecule has 5 heteroatoms. The summed E-state index contributed by atoms with van der Waals surface area (Å²) in [4.78, 5) is 5.47. The van der Waals surface area contributed by atoms with E-state index in [1.54, 1.807) is 22.7 Å². The number of hydrogen-bond donors (Lipinski definition) is 1. The van der Waals surface area contributed by atoms with Crippen molar-refractivity contribution in [2.75, 3.05) is 0 Å². The van der Waals surface area contributed by atoms with Gasteiger partial charge in [0.2, 0.25) is 0 Å². The van der Waals surface area contributed by atoms with E-state index >= 15 is 0 Å². The lowest BCUT2D eigenvalue weighted by atomic mass is 10.3. The van der Waals surface area contributed by atoms with Crippen LogP contribution in [-0.2, 0) is 0 Å². The van der Waals surface area contributed by atoms with E-state index in [0.29, 0.717) is 0 Å². The predicted molar refractivity (Wildman–Crippen MR) is 65.7 cm³/mol. The van der Waals surface area contributed by atoms with Crippen molar-refractivity contribution in [2.24, 2.45) is 5.73 Å². The van der Waals surface area contributed by atoms with Crippen molar-refractivity contribution < 1.29 is 0 Å². The summed E-state index contributed by atoms with van der Waals surface area (Å²) >= 11 is 6.76. The molecule has 0 aliphatic rings. The molecule has 74 valence electrons. The molecular formula is C9H9BrN2S2. The molecule has 0 bridgehead atoms. The van der Waals surface area contributed by atoms with E-state index in [4.69, 9.17) is 5.73 Å². The van der Waals surface area contributed by atoms with Crippen molar-refractivity contribution in [1.29, 1.82) is 0 Å². The molecule has 0 radical (unpaired) electrons. The highest BCUT2D eigenvalue weighted by Gasteiger charge is 2.08. The highest BCUT2D eigenvalue weighted by Crippen LogP contribution is 2.32. The Labute approximate surface area is 98.9 Å². The van der Waals surface area contributed by atoms with Crippen molar-refractivity contribution in [3.8, 4) is 10.6 Å². The Kier molecular flexibility index (Phi) is 3.02. The molecular weight excluding hydrogens is 280 g/mol. The van der Waals surface area contributed by atoms with Crippen LogP contribution in [0.25, 0.3) is 10.6 Å². The molecule has 0 aliphatic heterocycles. The first kappa shape index (κ1) is 10.3. The number of nitrogens with zero attached hydrogens (tertiary/aromatic N) is 1. The largest absolute Gasteiger partial charge is 0.323 e. The molecule has 2 aromatic heterocycles. The van der Waals surface area contributed by atoms with Gasteiger partial charge in [-0.1, -0.05) is 0 Å². The van der Waals surface area contributed by atoms with Gasteiger partial charge in [-0.3, -0.25) is 0 Å². The number of aromatic nitrogens is 1. The van der Waals surface area contributed by atoms with Crippen molar-refractivity contribution >= 4 is 38.6 Å². The van der Waals surface area contributed by atoms with E-state index in [0.717, 1.165) is 13.7 Å². The molecule has 1 unspecified atom stereocenters. The molecule has 2 rings (SSSR count). The molecule has 1 atom stereocenters. The molecule has 2 aromatic rings. The number of thiophene rings is 1. The van der Waals surface area contributed by atoms with Crippen LogP contribution in [0.15, 0.2) is 21.4 Å². The van der Waals surface area contributed by atoms with Gasteiger partial charge in [-0.2, -0.15) is 0 Å². The maximum absolute atomic E-state index is 5.77. The zero-order chi connectivity index (χ0) is 10.1. The average Bonchev–Trinajstić information content (AvgIpc) is 2.70. The van der Waals surface area contributed by atoms with Crippen LogP contribution in [0.3, 0.4) is 0 Å². The van der Waals surface area contributed by atoms with Gasteiger partial charge in [0.1, 0.15) is 5.01 Å². The Hall–Kier alpha value is -0.230. The lowest BCUT2D eigenvalue weighted by molar-refractivity contribution is 0.835. The highest BCUT2D eigenvalue weighted by molar-refractivity contribution is 9.11. The van der Waals surface area contributed by atoms with Crippen LogP contribution in [-0.4, -0.2) is 4.98 Å². The number of thiazole rings is 1. The Balaban J connectivity index is 2.33. The summed E-state index contributed by atoms with van der Waals surface area (Å²) in [5.41, 5.74) is 6.94. The minimum absolute atomic E-state index is 0.0725. The topological polar surface area (TPSA) is 38.9 Å². The Bertz CT molecular complexity index is 433. The Morgan fingerprint density at radius 3 is 2.86 bits per heavy atom. The fourth-order valence-corrected chi connectivity index (χ4v) is 3.12. The first-order chi connectivity index (χ1) is 6.66. The van der Waals surface area contributed by atoms with Gasteiger partial charge in [-0.15, -0.1) is 22.7 Å². The maximum Gasteiger partial charge on any atom is 0.124 e. The third kappa shape index (κ3) is 2.06. The van der Waals surface area contributed by atoms with Crippen LogP contribution < -0.4 is 5.73 Å². The van der Waals surface area contributed by atoms with Crippen LogP contribution in [0.1, 0.15) is 17.8 Å². The lowest BCUT2D eigenvalue weighted by Gasteiger charge is -1.96. The summed E-state index contributed by atoms with van der Waals surface area (Å²) < 4.78 is 1.13. The van der Waals surface area contributed by atoms with Crippen LogP contribution in [0, 0.1) is 0 Å². The summed E-state index contributed by atoms with van der Waals surface area (Å²) in [7, 11) is 0. The van der Waals surface area contributed by atoms with Crippen LogP contribution in [0.2, 0.25) is 0 Å². The summed E-state index contributed by atoms with van der Waals surface area (Å²) in [6.07, 6.45) is 1.86. The van der Waals surface area contributed by atoms with Crippen molar-refractivity contribution in [3.05, 3.63) is 26.3 Å². The average molecular weight is 289 g/mol. The summed E-state index contributed by atoms with van der Waals surface area (Å²) in [5, 5.41) is 3.13. The van der Waals surface area contributed by atoms with E-state index in [1.165, 1.54) is 5.56 Å². The van der Waals surface area contributed by atoms with Gasteiger partial charge in [-0.25, -0.2) is 4.98 Å². The van der Waals surface area contributed by atoms with Gasteiger partial charge >= 0.3 is 0 Å². The van der Waals surface area contributed by atoms with Crippen molar-refractivity contribution in [2.45, 2.75) is 13.0 Å². The molecule has 0 spiro atoms. The lowest BCUT2D eigenvalue weighted by Crippen LogP contribution is -2.01. The van der Waals surface area contributed by atoms with Crippen LogP contribution >= 0.6 is 38.6 Å². The molecule has 0 aliphatic carbocycles. The van der Waals surface area contributed by atoms with E-state index in [1.807, 2.05) is 13.1 Å². The number of halogens is 1. The normalized spacial score (nSPS) is 13.1. The number of hydrogen-bond acceptors (Lipinski definition) is 4. The fourth-order valence-electron chi connectivity index (χ4n) is 1.05. The van der Waals surface area contributed by atoms with Crippen molar-refractivity contribution in [1.82, 2.24) is 4.98 Å². The number of nitrogens with two attached hydrogens (primary N) is 1. The zero-order valence-electron chi connectivity index (χ0n) is 7.53. The first-order valence-corrected chi connectivity index (χ1v) is 6.61. The number of rotatable bonds is 2. The second kappa shape index (κ2) is 4.10. The molecule has 0 saturated heterocycles. The minimum atomic E-state index is 0.0725. The second-order valence-electron chi connectivity index (χ2n) is 3.00. The smallest absolute Gasteiger partial charge is 0.124 e. The van der Waals surface area contributed by atoms with Gasteiger partial charge < -0.3 is 5.73 Å². The molecule has 0 amide bonds. The standard InChI is InChI=1S/C9H9BrN2S2/c1-5(11)7-3-12-9(14-7)6-2-8(10)13-4-6/h2-5H,11H2,1H3. The SMILES string of the molecule is CC(N)c1cnc(-c2csc(Br)c2)s1. The molecule has 2 nitrogen and oxygen atoms in total. The van der Waals surface area contributed by atoms with Crippen LogP contribution in [0.5, 0.6) is 0 Å². The summed E-state index contributed by atoms with van der Waals surface area (Å²) in [6, 6.07) is 2.15. The third-order valence-electron chi connectivity index (χ3n) is 1.79. The Morgan fingerprint density at radius 2 is 2.36 bits per heavy atom. The second-order valence-corrected chi connectivity index (χ2v) is 6.35. The highest BCUT2D eigenvalue weighted by atomic mass is 79.9. The van der Waals surface area contributed by atoms with Gasteiger partial charge in [0.15, 0.2) is 0 Å². The monoisotopic (exact) mass is 288 g/mol. The van der Waals surface area contributed by atoms with Gasteiger partial charge in [-0.05, 0) is 28.9 Å². The molecule has 14 heavy (non-hydrogen) atoms. The van der Waals surface area contributed by atoms with Gasteiger partial charge in [0.05, 0.1) is 3.79 Å². The first-order valence-electron chi connectivity index (χ1n) is 4.12. The van der Waals surface area contributed by atoms with E-state index < -0.39 is 0 Å². The molecule has 0 saturated carbocycles. The van der Waals surface area contributed by atoms with Gasteiger partial charge in [0.25, 0.3) is 0 Å². The zero-order valence-corrected chi connectivity index (χ0v) is 10.7. The predicted octanol–water partition coefficient (Wildman–Crippen LogP) is 3.65. The molecule has 0 fully saturated rings. The van der Waals surface area contributed by atoms with Crippen LogP contribution in [0.4, 0.5) is 0 Å². The maximum atomic E-state index is 5.77. The van der Waals surface area contributed by atoms with Crippen molar-refractivity contribution in [3.63, 3.8) is 0 Å². The third-order valence-corrected chi connectivity index (χ3v) is 4.54. The molecule has 2 N–H and O–H groups in total. The van der Waals surface area contributed by atoms with Gasteiger partial charge in [0, 0.05) is 28.1 Å².